The molecule has 6 heteroatoms. The lowest BCUT2D eigenvalue weighted by atomic mass is 9.98. The number of aromatic nitrogens is 1. The van der Waals surface area contributed by atoms with Crippen LogP contribution < -0.4 is 5.32 Å². The molecule has 0 aliphatic carbocycles. The number of fused-ring (bicyclic) bond motifs is 1. The van der Waals surface area contributed by atoms with Gasteiger partial charge in [0.2, 0.25) is 0 Å². The molecule has 0 fully saturated rings. The van der Waals surface area contributed by atoms with E-state index >= 15 is 0 Å². The van der Waals surface area contributed by atoms with Gasteiger partial charge in [-0.2, -0.15) is 0 Å². The van der Waals surface area contributed by atoms with Gasteiger partial charge in [-0.3, -0.25) is 4.79 Å². The lowest BCUT2D eigenvalue weighted by Gasteiger charge is -2.16. The first-order valence-electron chi connectivity index (χ1n) is 9.04. The van der Waals surface area contributed by atoms with E-state index in [1.807, 2.05) is 49.4 Å². The van der Waals surface area contributed by atoms with Gasteiger partial charge < -0.3 is 10.1 Å². The van der Waals surface area contributed by atoms with Crippen LogP contribution in [0.5, 0.6) is 0 Å². The smallest absolute Gasteiger partial charge is 0.331 e. The lowest BCUT2D eigenvalue weighted by molar-refractivity contribution is -0.142. The van der Waals surface area contributed by atoms with E-state index in [1.54, 1.807) is 6.08 Å². The SMILES string of the molecule is Cc1cccc(C(C)C)c1NC(=O)COC(=O)/C=C/c1nc2ccccc2s1. The summed E-state index contributed by atoms with van der Waals surface area (Å²) in [6.45, 7) is 5.73. The number of rotatable bonds is 6. The summed E-state index contributed by atoms with van der Waals surface area (Å²) in [6.07, 6.45) is 2.89. The second kappa shape index (κ2) is 8.80. The van der Waals surface area contributed by atoms with Gasteiger partial charge in [0.1, 0.15) is 5.01 Å². The fraction of sp³-hybridized carbons (Fsp3) is 0.227. The van der Waals surface area contributed by atoms with Crippen molar-refractivity contribution >= 4 is 45.2 Å². The van der Waals surface area contributed by atoms with Crippen molar-refractivity contribution in [3.63, 3.8) is 0 Å². The molecule has 0 aliphatic heterocycles. The second-order valence-corrected chi connectivity index (χ2v) is 7.77. The number of aryl methyl sites for hydroxylation is 1. The lowest BCUT2D eigenvalue weighted by Crippen LogP contribution is -2.21. The molecule has 0 aliphatic rings. The van der Waals surface area contributed by atoms with Gasteiger partial charge in [0, 0.05) is 11.8 Å². The first-order valence-corrected chi connectivity index (χ1v) is 9.85. The Kier molecular flexibility index (Phi) is 6.21. The zero-order valence-corrected chi connectivity index (χ0v) is 16.9. The molecule has 1 heterocycles. The Bertz CT molecular complexity index is 1000. The molecule has 0 unspecified atom stereocenters. The molecule has 0 saturated carbocycles. The summed E-state index contributed by atoms with van der Waals surface area (Å²) >= 11 is 1.49. The number of nitrogens with one attached hydrogen (secondary N) is 1. The van der Waals surface area contributed by atoms with Gasteiger partial charge in [0.25, 0.3) is 5.91 Å². The van der Waals surface area contributed by atoms with Crippen molar-refractivity contribution in [2.75, 3.05) is 11.9 Å². The zero-order valence-electron chi connectivity index (χ0n) is 16.1. The maximum absolute atomic E-state index is 12.2. The molecule has 0 radical (unpaired) electrons. The van der Waals surface area contributed by atoms with Crippen molar-refractivity contribution in [2.24, 2.45) is 0 Å². The number of anilines is 1. The molecule has 5 nitrogen and oxygen atoms in total. The Morgan fingerprint density at radius 2 is 1.96 bits per heavy atom. The molecular formula is C22H22N2O3S. The molecule has 0 saturated heterocycles. The minimum absolute atomic E-state index is 0.273. The average Bonchev–Trinajstić information content (AvgIpc) is 3.09. The quantitative estimate of drug-likeness (QED) is 0.476. The number of carbonyl (C=O) groups excluding carboxylic acids is 2. The summed E-state index contributed by atoms with van der Waals surface area (Å²) in [5.41, 5.74) is 3.69. The highest BCUT2D eigenvalue weighted by atomic mass is 32.1. The summed E-state index contributed by atoms with van der Waals surface area (Å²) in [5.74, 6) is -0.671. The van der Waals surface area contributed by atoms with Crippen molar-refractivity contribution < 1.29 is 14.3 Å². The number of para-hydroxylation sites is 2. The minimum atomic E-state index is -0.580. The van der Waals surface area contributed by atoms with E-state index in [0.29, 0.717) is 5.01 Å². The number of benzene rings is 2. The highest BCUT2D eigenvalue weighted by molar-refractivity contribution is 7.19. The largest absolute Gasteiger partial charge is 0.452 e. The van der Waals surface area contributed by atoms with Crippen LogP contribution in [0.2, 0.25) is 0 Å². The Labute approximate surface area is 168 Å². The maximum Gasteiger partial charge on any atom is 0.331 e. The van der Waals surface area contributed by atoms with Gasteiger partial charge in [0.15, 0.2) is 6.61 Å². The molecular weight excluding hydrogens is 372 g/mol. The molecule has 28 heavy (non-hydrogen) atoms. The summed E-state index contributed by atoms with van der Waals surface area (Å²) in [6, 6.07) is 13.6. The van der Waals surface area contributed by atoms with Gasteiger partial charge >= 0.3 is 5.97 Å². The molecule has 1 amide bonds. The van der Waals surface area contributed by atoms with Gasteiger partial charge in [-0.1, -0.05) is 44.2 Å². The molecule has 1 N–H and O–H groups in total. The van der Waals surface area contributed by atoms with E-state index in [1.165, 1.54) is 17.4 Å². The number of thiazole rings is 1. The van der Waals surface area contributed by atoms with E-state index in [0.717, 1.165) is 27.0 Å². The Morgan fingerprint density at radius 3 is 2.71 bits per heavy atom. The van der Waals surface area contributed by atoms with E-state index in [-0.39, 0.29) is 18.4 Å². The topological polar surface area (TPSA) is 68.3 Å². The molecule has 0 bridgehead atoms. The number of amides is 1. The number of hydrogen-bond donors (Lipinski definition) is 1. The number of hydrogen-bond acceptors (Lipinski definition) is 5. The van der Waals surface area contributed by atoms with Crippen LogP contribution in [0.15, 0.2) is 48.5 Å². The van der Waals surface area contributed by atoms with Crippen molar-refractivity contribution in [3.8, 4) is 0 Å². The summed E-state index contributed by atoms with van der Waals surface area (Å²) < 4.78 is 6.10. The van der Waals surface area contributed by atoms with Crippen LogP contribution in [0.1, 0.15) is 35.9 Å². The molecule has 0 atom stereocenters. The Morgan fingerprint density at radius 1 is 1.18 bits per heavy atom. The van der Waals surface area contributed by atoms with Crippen LogP contribution in [-0.4, -0.2) is 23.5 Å². The van der Waals surface area contributed by atoms with E-state index < -0.39 is 5.97 Å². The van der Waals surface area contributed by atoms with Crippen LogP contribution in [0.3, 0.4) is 0 Å². The van der Waals surface area contributed by atoms with Gasteiger partial charge in [-0.25, -0.2) is 9.78 Å². The average molecular weight is 394 g/mol. The molecule has 2 aromatic carbocycles. The van der Waals surface area contributed by atoms with Crippen LogP contribution in [0.4, 0.5) is 5.69 Å². The number of esters is 1. The van der Waals surface area contributed by atoms with Crippen molar-refractivity contribution in [1.29, 1.82) is 0 Å². The van der Waals surface area contributed by atoms with Gasteiger partial charge in [-0.15, -0.1) is 11.3 Å². The van der Waals surface area contributed by atoms with Gasteiger partial charge in [0.05, 0.1) is 10.2 Å². The monoisotopic (exact) mass is 394 g/mol. The summed E-state index contributed by atoms with van der Waals surface area (Å²) in [4.78, 5) is 28.5. The Balaban J connectivity index is 1.56. The number of nitrogens with zero attached hydrogens (tertiary/aromatic N) is 1. The maximum atomic E-state index is 12.2. The van der Waals surface area contributed by atoms with E-state index in [4.69, 9.17) is 4.74 Å². The van der Waals surface area contributed by atoms with E-state index in [9.17, 15) is 9.59 Å². The van der Waals surface area contributed by atoms with E-state index in [2.05, 4.69) is 24.1 Å². The fourth-order valence-corrected chi connectivity index (χ4v) is 3.67. The van der Waals surface area contributed by atoms with Crippen LogP contribution >= 0.6 is 11.3 Å². The highest BCUT2D eigenvalue weighted by Crippen LogP contribution is 2.27. The molecule has 0 spiro atoms. The van der Waals surface area contributed by atoms with Gasteiger partial charge in [-0.05, 0) is 42.2 Å². The zero-order chi connectivity index (χ0) is 20.1. The van der Waals surface area contributed by atoms with Crippen molar-refractivity contribution in [1.82, 2.24) is 4.98 Å². The molecule has 144 valence electrons. The predicted octanol–water partition coefficient (Wildman–Crippen LogP) is 4.92. The first-order chi connectivity index (χ1) is 13.4. The number of carbonyl (C=O) groups is 2. The molecule has 1 aromatic heterocycles. The third-order valence-electron chi connectivity index (χ3n) is 4.21. The number of ether oxygens (including phenoxy) is 1. The Hall–Kier alpha value is -2.99. The molecule has 3 aromatic rings. The minimum Gasteiger partial charge on any atom is -0.452 e. The van der Waals surface area contributed by atoms with Crippen LogP contribution in [-0.2, 0) is 14.3 Å². The third kappa shape index (κ3) is 4.84. The van der Waals surface area contributed by atoms with Crippen molar-refractivity contribution in [2.45, 2.75) is 26.7 Å². The van der Waals surface area contributed by atoms with Crippen molar-refractivity contribution in [3.05, 3.63) is 64.7 Å². The molecule has 3 rings (SSSR count). The third-order valence-corrected chi connectivity index (χ3v) is 5.21. The normalized spacial score (nSPS) is 11.3. The van der Waals surface area contributed by atoms with Crippen LogP contribution in [0, 0.1) is 6.92 Å². The summed E-state index contributed by atoms with van der Waals surface area (Å²) in [5, 5.41) is 3.57. The predicted molar refractivity (Wildman–Crippen MR) is 114 cm³/mol. The van der Waals surface area contributed by atoms with Crippen LogP contribution in [0.25, 0.3) is 16.3 Å². The fourth-order valence-electron chi connectivity index (χ4n) is 2.80. The highest BCUT2D eigenvalue weighted by Gasteiger charge is 2.13. The second-order valence-electron chi connectivity index (χ2n) is 6.70. The first kappa shape index (κ1) is 19.8. The standard InChI is InChI=1S/C22H22N2O3S/c1-14(2)16-8-6-7-15(3)22(16)24-19(25)13-27-21(26)12-11-20-23-17-9-4-5-10-18(17)28-20/h4-12,14H,13H2,1-3H3,(H,24,25)/b12-11+. The summed E-state index contributed by atoms with van der Waals surface area (Å²) in [7, 11) is 0.